The number of carbonyl (C=O) groups excluding carboxylic acids is 2. The maximum absolute atomic E-state index is 13.9. The predicted molar refractivity (Wildman–Crippen MR) is 147 cm³/mol. The lowest BCUT2D eigenvalue weighted by atomic mass is 10.1. The van der Waals surface area contributed by atoms with Gasteiger partial charge in [-0.05, 0) is 61.7 Å². The summed E-state index contributed by atoms with van der Waals surface area (Å²) in [5.74, 6) is -0.812. The second kappa shape index (κ2) is 12.3. The van der Waals surface area contributed by atoms with Gasteiger partial charge in [-0.2, -0.15) is 0 Å². The van der Waals surface area contributed by atoms with E-state index in [1.165, 1.54) is 24.1 Å². The Balaban J connectivity index is 2.08. The standard InChI is InChI=1S/C28H32ClN3O4S/c1-5-25(28(34)30-4)31(18-22-13-11-20(2)12-14-22)27(33)19-32(26-16-15-23(29)17-21(26)3)37(35,36)24-9-7-6-8-10-24/h6-17,25H,5,18-19H2,1-4H3,(H,30,34). The van der Waals surface area contributed by atoms with Crippen molar-refractivity contribution >= 4 is 39.1 Å². The summed E-state index contributed by atoms with van der Waals surface area (Å²) in [5.41, 5.74) is 2.84. The van der Waals surface area contributed by atoms with E-state index in [0.717, 1.165) is 15.4 Å². The second-order valence-electron chi connectivity index (χ2n) is 8.80. The van der Waals surface area contributed by atoms with Gasteiger partial charge in [0.25, 0.3) is 10.0 Å². The highest BCUT2D eigenvalue weighted by Gasteiger charge is 2.33. The van der Waals surface area contributed by atoms with E-state index in [-0.39, 0.29) is 17.3 Å². The zero-order valence-corrected chi connectivity index (χ0v) is 23.0. The van der Waals surface area contributed by atoms with E-state index in [9.17, 15) is 18.0 Å². The van der Waals surface area contributed by atoms with Crippen molar-refractivity contribution in [3.05, 3.63) is 94.5 Å². The second-order valence-corrected chi connectivity index (χ2v) is 11.1. The first kappa shape index (κ1) is 28.2. The largest absolute Gasteiger partial charge is 0.357 e. The van der Waals surface area contributed by atoms with E-state index in [2.05, 4.69) is 5.32 Å². The van der Waals surface area contributed by atoms with Gasteiger partial charge in [0.05, 0.1) is 10.6 Å². The number of hydrogen-bond acceptors (Lipinski definition) is 4. The normalized spacial score (nSPS) is 12.0. The van der Waals surface area contributed by atoms with Crippen LogP contribution >= 0.6 is 11.6 Å². The molecule has 3 aromatic carbocycles. The molecule has 2 amide bonds. The number of hydrogen-bond donors (Lipinski definition) is 1. The molecule has 0 aliphatic heterocycles. The number of carbonyl (C=O) groups is 2. The molecular formula is C28H32ClN3O4S. The summed E-state index contributed by atoms with van der Waals surface area (Å²) in [5, 5.41) is 3.08. The Hall–Kier alpha value is -3.36. The van der Waals surface area contributed by atoms with Crippen LogP contribution in [0.3, 0.4) is 0 Å². The van der Waals surface area contributed by atoms with Gasteiger partial charge in [0, 0.05) is 18.6 Å². The van der Waals surface area contributed by atoms with E-state index < -0.39 is 28.5 Å². The van der Waals surface area contributed by atoms with Crippen molar-refractivity contribution in [3.8, 4) is 0 Å². The summed E-state index contributed by atoms with van der Waals surface area (Å²) in [4.78, 5) is 28.1. The zero-order valence-electron chi connectivity index (χ0n) is 21.4. The first-order valence-corrected chi connectivity index (χ1v) is 13.8. The third-order valence-electron chi connectivity index (χ3n) is 6.14. The van der Waals surface area contributed by atoms with E-state index in [0.29, 0.717) is 22.7 Å². The summed E-state index contributed by atoms with van der Waals surface area (Å²) < 4.78 is 28.7. The lowest BCUT2D eigenvalue weighted by Crippen LogP contribution is -2.51. The minimum atomic E-state index is -4.11. The van der Waals surface area contributed by atoms with E-state index in [4.69, 9.17) is 11.6 Å². The van der Waals surface area contributed by atoms with Crippen molar-refractivity contribution in [3.63, 3.8) is 0 Å². The molecule has 0 spiro atoms. The SMILES string of the molecule is CCC(C(=O)NC)N(Cc1ccc(C)cc1)C(=O)CN(c1ccc(Cl)cc1C)S(=O)(=O)c1ccccc1. The van der Waals surface area contributed by atoms with Gasteiger partial charge in [-0.25, -0.2) is 8.42 Å². The molecule has 0 heterocycles. The molecule has 0 aliphatic carbocycles. The van der Waals surface area contributed by atoms with Crippen LogP contribution in [0.5, 0.6) is 0 Å². The molecule has 1 N–H and O–H groups in total. The molecule has 3 rings (SSSR count). The summed E-state index contributed by atoms with van der Waals surface area (Å²) >= 11 is 6.13. The zero-order chi connectivity index (χ0) is 27.2. The number of halogens is 1. The van der Waals surface area contributed by atoms with Crippen molar-refractivity contribution in [1.29, 1.82) is 0 Å². The number of anilines is 1. The molecule has 0 radical (unpaired) electrons. The minimum absolute atomic E-state index is 0.0561. The van der Waals surface area contributed by atoms with Gasteiger partial charge in [-0.3, -0.25) is 13.9 Å². The smallest absolute Gasteiger partial charge is 0.264 e. The molecular weight excluding hydrogens is 510 g/mol. The monoisotopic (exact) mass is 541 g/mol. The molecule has 0 bridgehead atoms. The summed E-state index contributed by atoms with van der Waals surface area (Å²) in [6, 6.07) is 19.7. The average molecular weight is 542 g/mol. The Morgan fingerprint density at radius 2 is 1.62 bits per heavy atom. The fourth-order valence-corrected chi connectivity index (χ4v) is 5.83. The number of amides is 2. The van der Waals surface area contributed by atoms with Gasteiger partial charge in [-0.15, -0.1) is 0 Å². The summed E-state index contributed by atoms with van der Waals surface area (Å²) in [6.07, 6.45) is 0.364. The molecule has 7 nitrogen and oxygen atoms in total. The van der Waals surface area contributed by atoms with Gasteiger partial charge in [0.2, 0.25) is 11.8 Å². The van der Waals surface area contributed by atoms with Crippen LogP contribution in [0.2, 0.25) is 5.02 Å². The molecule has 0 aromatic heterocycles. The first-order valence-electron chi connectivity index (χ1n) is 12.0. The summed E-state index contributed by atoms with van der Waals surface area (Å²) in [6.45, 7) is 5.19. The number of sulfonamides is 1. The highest BCUT2D eigenvalue weighted by Crippen LogP contribution is 2.29. The molecule has 0 saturated heterocycles. The average Bonchev–Trinajstić information content (AvgIpc) is 2.88. The fourth-order valence-electron chi connectivity index (χ4n) is 4.11. The van der Waals surface area contributed by atoms with E-state index >= 15 is 0 Å². The number of likely N-dealkylation sites (N-methyl/N-ethyl adjacent to an activating group) is 1. The molecule has 9 heteroatoms. The molecule has 0 aliphatic rings. The van der Waals surface area contributed by atoms with Crippen LogP contribution in [-0.4, -0.2) is 44.8 Å². The maximum atomic E-state index is 13.9. The molecule has 3 aromatic rings. The number of rotatable bonds is 10. The van der Waals surface area contributed by atoms with Crippen molar-refractivity contribution in [2.24, 2.45) is 0 Å². The summed E-state index contributed by atoms with van der Waals surface area (Å²) in [7, 11) is -2.60. The number of nitrogens with zero attached hydrogens (tertiary/aromatic N) is 2. The van der Waals surface area contributed by atoms with Crippen LogP contribution in [0.4, 0.5) is 5.69 Å². The van der Waals surface area contributed by atoms with Crippen LogP contribution in [-0.2, 0) is 26.2 Å². The minimum Gasteiger partial charge on any atom is -0.357 e. The lowest BCUT2D eigenvalue weighted by molar-refractivity contribution is -0.140. The molecule has 1 unspecified atom stereocenters. The topological polar surface area (TPSA) is 86.8 Å². The van der Waals surface area contributed by atoms with Gasteiger partial charge in [0.1, 0.15) is 12.6 Å². The van der Waals surface area contributed by atoms with Crippen molar-refractivity contribution in [2.45, 2.75) is 44.7 Å². The number of aryl methyl sites for hydroxylation is 2. The number of benzene rings is 3. The van der Waals surface area contributed by atoms with Gasteiger partial charge < -0.3 is 10.2 Å². The van der Waals surface area contributed by atoms with Crippen LogP contribution in [0.15, 0.2) is 77.7 Å². The molecule has 0 fully saturated rings. The maximum Gasteiger partial charge on any atom is 0.264 e. The highest BCUT2D eigenvalue weighted by atomic mass is 35.5. The Morgan fingerprint density at radius 3 is 2.19 bits per heavy atom. The Bertz CT molecular complexity index is 1350. The van der Waals surface area contributed by atoms with Crippen molar-refractivity contribution in [2.75, 3.05) is 17.9 Å². The quantitative estimate of drug-likeness (QED) is 0.403. The number of nitrogens with one attached hydrogen (secondary N) is 1. The fraction of sp³-hybridized carbons (Fsp3) is 0.286. The molecule has 196 valence electrons. The third-order valence-corrected chi connectivity index (χ3v) is 8.15. The van der Waals surface area contributed by atoms with Crippen LogP contribution in [0.25, 0.3) is 0 Å². The highest BCUT2D eigenvalue weighted by molar-refractivity contribution is 7.92. The predicted octanol–water partition coefficient (Wildman–Crippen LogP) is 4.71. The molecule has 0 saturated carbocycles. The third kappa shape index (κ3) is 6.70. The Labute approximate surface area is 224 Å². The van der Waals surface area contributed by atoms with E-state index in [1.54, 1.807) is 43.3 Å². The van der Waals surface area contributed by atoms with Crippen molar-refractivity contribution in [1.82, 2.24) is 10.2 Å². The van der Waals surface area contributed by atoms with Crippen LogP contribution in [0, 0.1) is 13.8 Å². The van der Waals surface area contributed by atoms with Crippen LogP contribution < -0.4 is 9.62 Å². The Kier molecular flexibility index (Phi) is 9.34. The van der Waals surface area contributed by atoms with Gasteiger partial charge in [-0.1, -0.05) is 66.6 Å². The van der Waals surface area contributed by atoms with Crippen LogP contribution in [0.1, 0.15) is 30.0 Å². The first-order chi connectivity index (χ1) is 17.6. The van der Waals surface area contributed by atoms with Gasteiger partial charge >= 0.3 is 0 Å². The van der Waals surface area contributed by atoms with Gasteiger partial charge in [0.15, 0.2) is 0 Å². The van der Waals surface area contributed by atoms with Crippen molar-refractivity contribution < 1.29 is 18.0 Å². The lowest BCUT2D eigenvalue weighted by Gasteiger charge is -2.33. The Morgan fingerprint density at radius 1 is 0.973 bits per heavy atom. The van der Waals surface area contributed by atoms with E-state index in [1.807, 2.05) is 38.1 Å². The molecule has 37 heavy (non-hydrogen) atoms. The molecule has 1 atom stereocenters.